The number of fused-ring (bicyclic) bond motifs is 2. The fourth-order valence-electron chi connectivity index (χ4n) is 2.47. The van der Waals surface area contributed by atoms with E-state index in [0.29, 0.717) is 20.1 Å². The van der Waals surface area contributed by atoms with Crippen LogP contribution in [0.2, 0.25) is 10.0 Å². The maximum Gasteiger partial charge on any atom is 0.269 e. The van der Waals surface area contributed by atoms with Crippen molar-refractivity contribution in [3.63, 3.8) is 0 Å². The average molecular weight is 393 g/mol. The number of anilines is 1. The predicted molar refractivity (Wildman–Crippen MR) is 104 cm³/mol. The Balaban J connectivity index is 1.70. The highest BCUT2D eigenvalue weighted by molar-refractivity contribution is 7.23. The highest BCUT2D eigenvalue weighted by atomic mass is 35.5. The van der Waals surface area contributed by atoms with Crippen molar-refractivity contribution in [2.24, 2.45) is 0 Å². The number of rotatable bonds is 2. The summed E-state index contributed by atoms with van der Waals surface area (Å²) in [6.45, 7) is 1.92. The second-order valence-electron chi connectivity index (χ2n) is 5.23. The van der Waals surface area contributed by atoms with Gasteiger partial charge < -0.3 is 0 Å². The molecule has 3 nitrogen and oxygen atoms in total. The zero-order chi connectivity index (χ0) is 16.8. The van der Waals surface area contributed by atoms with E-state index in [4.69, 9.17) is 23.2 Å². The van der Waals surface area contributed by atoms with Crippen LogP contribution in [0.1, 0.15) is 15.2 Å². The summed E-state index contributed by atoms with van der Waals surface area (Å²) in [4.78, 5) is 17.6. The van der Waals surface area contributed by atoms with Crippen LogP contribution < -0.4 is 5.32 Å². The average Bonchev–Trinajstić information content (AvgIpc) is 3.13. The second kappa shape index (κ2) is 6.01. The Hall–Kier alpha value is -1.66. The standard InChI is InChI=1S/C17H10Cl2N2OS2/c1-8-10(18)6-7-12-14(8)20-17(24-12)21-16(22)15-13(19)9-4-2-3-5-11(9)23-15/h2-7H,1H3,(H,20,21,22). The minimum absolute atomic E-state index is 0.246. The quantitative estimate of drug-likeness (QED) is 0.429. The van der Waals surface area contributed by atoms with Crippen molar-refractivity contribution in [3.8, 4) is 0 Å². The highest BCUT2D eigenvalue weighted by Gasteiger charge is 2.18. The number of amides is 1. The summed E-state index contributed by atoms with van der Waals surface area (Å²) in [7, 11) is 0. The highest BCUT2D eigenvalue weighted by Crippen LogP contribution is 2.36. The molecule has 0 saturated carbocycles. The van der Waals surface area contributed by atoms with E-state index in [9.17, 15) is 4.79 Å². The number of carbonyl (C=O) groups excluding carboxylic acids is 1. The van der Waals surface area contributed by atoms with Crippen molar-refractivity contribution in [3.05, 3.63) is 56.9 Å². The summed E-state index contributed by atoms with van der Waals surface area (Å²) >= 11 is 15.3. The van der Waals surface area contributed by atoms with Gasteiger partial charge in [-0.05, 0) is 30.7 Å². The molecular formula is C17H10Cl2N2OS2. The van der Waals surface area contributed by atoms with E-state index in [2.05, 4.69) is 10.3 Å². The molecule has 0 aliphatic rings. The maximum atomic E-state index is 12.6. The molecule has 2 aromatic heterocycles. The maximum absolute atomic E-state index is 12.6. The summed E-state index contributed by atoms with van der Waals surface area (Å²) in [5.74, 6) is -0.246. The van der Waals surface area contributed by atoms with Crippen molar-refractivity contribution >= 4 is 77.2 Å². The number of aryl methyl sites for hydroxylation is 1. The number of benzene rings is 2. The lowest BCUT2D eigenvalue weighted by molar-refractivity contribution is 0.103. The predicted octanol–water partition coefficient (Wildman–Crippen LogP) is 6.38. The number of hydrogen-bond donors (Lipinski definition) is 1. The second-order valence-corrected chi connectivity index (χ2v) is 8.10. The summed E-state index contributed by atoms with van der Waals surface area (Å²) in [6.07, 6.45) is 0. The monoisotopic (exact) mass is 392 g/mol. The number of halogens is 2. The van der Waals surface area contributed by atoms with Crippen molar-refractivity contribution in [1.29, 1.82) is 0 Å². The zero-order valence-electron chi connectivity index (χ0n) is 12.4. The minimum atomic E-state index is -0.246. The van der Waals surface area contributed by atoms with Gasteiger partial charge in [0.25, 0.3) is 5.91 Å². The van der Waals surface area contributed by atoms with Crippen molar-refractivity contribution < 1.29 is 4.79 Å². The molecule has 0 fully saturated rings. The van der Waals surface area contributed by atoms with Crippen LogP contribution in [0.15, 0.2) is 36.4 Å². The van der Waals surface area contributed by atoms with Gasteiger partial charge in [0.05, 0.1) is 15.2 Å². The molecule has 1 N–H and O–H groups in total. The molecule has 120 valence electrons. The molecule has 0 spiro atoms. The number of nitrogens with zero attached hydrogens (tertiary/aromatic N) is 1. The normalized spacial score (nSPS) is 11.3. The van der Waals surface area contributed by atoms with Gasteiger partial charge in [-0.2, -0.15) is 0 Å². The van der Waals surface area contributed by atoms with E-state index >= 15 is 0 Å². The Morgan fingerprint density at radius 2 is 1.88 bits per heavy atom. The summed E-state index contributed by atoms with van der Waals surface area (Å²) < 4.78 is 1.97. The number of aromatic nitrogens is 1. The molecule has 24 heavy (non-hydrogen) atoms. The van der Waals surface area contributed by atoms with E-state index in [1.165, 1.54) is 22.7 Å². The molecule has 0 radical (unpaired) electrons. The molecule has 1 amide bonds. The van der Waals surface area contributed by atoms with Gasteiger partial charge in [-0.1, -0.05) is 52.7 Å². The third kappa shape index (κ3) is 2.58. The van der Waals surface area contributed by atoms with Crippen LogP contribution in [-0.4, -0.2) is 10.9 Å². The van der Waals surface area contributed by atoms with E-state index in [1.807, 2.05) is 43.3 Å². The number of hydrogen-bond acceptors (Lipinski definition) is 4. The van der Waals surface area contributed by atoms with E-state index in [-0.39, 0.29) is 5.91 Å². The molecule has 0 bridgehead atoms. The first-order valence-corrected chi connectivity index (χ1v) is 9.47. The number of thiophene rings is 1. The summed E-state index contributed by atoms with van der Waals surface area (Å²) in [5, 5.41) is 5.42. The zero-order valence-corrected chi connectivity index (χ0v) is 15.5. The summed E-state index contributed by atoms with van der Waals surface area (Å²) in [5.41, 5.74) is 1.72. The first kappa shape index (κ1) is 15.8. The Labute approximate surface area is 155 Å². The van der Waals surface area contributed by atoms with Gasteiger partial charge in [-0.15, -0.1) is 11.3 Å². The Morgan fingerprint density at radius 1 is 1.08 bits per heavy atom. The molecule has 0 unspecified atom stereocenters. The van der Waals surface area contributed by atoms with Gasteiger partial charge in [0.1, 0.15) is 4.88 Å². The molecule has 4 rings (SSSR count). The van der Waals surface area contributed by atoms with Gasteiger partial charge in [0.15, 0.2) is 5.13 Å². The molecule has 7 heteroatoms. The van der Waals surface area contributed by atoms with Crippen LogP contribution in [0.4, 0.5) is 5.13 Å². The van der Waals surface area contributed by atoms with Crippen LogP contribution in [-0.2, 0) is 0 Å². The van der Waals surface area contributed by atoms with Crippen LogP contribution in [0.25, 0.3) is 20.3 Å². The van der Waals surface area contributed by atoms with Crippen molar-refractivity contribution in [1.82, 2.24) is 4.98 Å². The van der Waals surface area contributed by atoms with Crippen LogP contribution in [0, 0.1) is 6.92 Å². The molecule has 0 atom stereocenters. The van der Waals surface area contributed by atoms with E-state index in [0.717, 1.165) is 25.9 Å². The number of carbonyl (C=O) groups is 1. The molecule has 0 aliphatic heterocycles. The largest absolute Gasteiger partial charge is 0.297 e. The van der Waals surface area contributed by atoms with Crippen LogP contribution in [0.5, 0.6) is 0 Å². The lowest BCUT2D eigenvalue weighted by atomic mass is 10.2. The molecule has 0 aliphatic carbocycles. The van der Waals surface area contributed by atoms with E-state index in [1.54, 1.807) is 0 Å². The Morgan fingerprint density at radius 3 is 2.67 bits per heavy atom. The van der Waals surface area contributed by atoms with Gasteiger partial charge in [-0.25, -0.2) is 4.98 Å². The fraction of sp³-hybridized carbons (Fsp3) is 0.0588. The molecule has 4 aromatic rings. The fourth-order valence-corrected chi connectivity index (χ4v) is 4.95. The molecule has 0 saturated heterocycles. The van der Waals surface area contributed by atoms with Crippen LogP contribution >= 0.6 is 45.9 Å². The first-order chi connectivity index (χ1) is 11.5. The lowest BCUT2D eigenvalue weighted by Crippen LogP contribution is -2.10. The first-order valence-electron chi connectivity index (χ1n) is 7.08. The Kier molecular flexibility index (Phi) is 3.96. The van der Waals surface area contributed by atoms with Crippen molar-refractivity contribution in [2.45, 2.75) is 6.92 Å². The lowest BCUT2D eigenvalue weighted by Gasteiger charge is -1.99. The smallest absolute Gasteiger partial charge is 0.269 e. The van der Waals surface area contributed by atoms with Gasteiger partial charge in [0, 0.05) is 15.1 Å². The third-order valence-corrected chi connectivity index (χ3v) is 6.73. The topological polar surface area (TPSA) is 42.0 Å². The molecule has 2 aromatic carbocycles. The van der Waals surface area contributed by atoms with Gasteiger partial charge in [-0.3, -0.25) is 10.1 Å². The summed E-state index contributed by atoms with van der Waals surface area (Å²) in [6, 6.07) is 11.4. The van der Waals surface area contributed by atoms with E-state index < -0.39 is 0 Å². The number of thiazole rings is 1. The van der Waals surface area contributed by atoms with Gasteiger partial charge in [0.2, 0.25) is 0 Å². The Bertz CT molecular complexity index is 1100. The SMILES string of the molecule is Cc1c(Cl)ccc2sc(NC(=O)c3sc4ccccc4c3Cl)nc12. The molecule has 2 heterocycles. The number of nitrogens with one attached hydrogen (secondary N) is 1. The van der Waals surface area contributed by atoms with Gasteiger partial charge >= 0.3 is 0 Å². The molecular weight excluding hydrogens is 383 g/mol. The van der Waals surface area contributed by atoms with Crippen LogP contribution in [0.3, 0.4) is 0 Å². The minimum Gasteiger partial charge on any atom is -0.297 e. The third-order valence-electron chi connectivity index (χ3n) is 3.71. The van der Waals surface area contributed by atoms with Crippen molar-refractivity contribution in [2.75, 3.05) is 5.32 Å².